The van der Waals surface area contributed by atoms with Crippen molar-refractivity contribution in [2.45, 2.75) is 39.0 Å². The Labute approximate surface area is 123 Å². The standard InChI is InChI=1S/C17H27N3/c1-14-7-9-15(10-8-14)17(2,3)13-19-16(18-4)20-11-5-6-12-20/h7-10H,5-6,11-13H2,1-4H3,(H,18,19). The van der Waals surface area contributed by atoms with Crippen molar-refractivity contribution < 1.29 is 0 Å². The minimum absolute atomic E-state index is 0.101. The quantitative estimate of drug-likeness (QED) is 0.677. The number of nitrogens with one attached hydrogen (secondary N) is 1. The third-order valence-electron chi connectivity index (χ3n) is 4.14. The summed E-state index contributed by atoms with van der Waals surface area (Å²) in [6, 6.07) is 8.84. The Bertz CT molecular complexity index is 454. The zero-order chi connectivity index (χ0) is 14.6. The average Bonchev–Trinajstić information content (AvgIpc) is 2.94. The summed E-state index contributed by atoms with van der Waals surface area (Å²) in [6.07, 6.45) is 2.56. The monoisotopic (exact) mass is 273 g/mol. The number of rotatable bonds is 3. The summed E-state index contributed by atoms with van der Waals surface area (Å²) >= 11 is 0. The minimum Gasteiger partial charge on any atom is -0.355 e. The van der Waals surface area contributed by atoms with Crippen molar-refractivity contribution in [1.29, 1.82) is 0 Å². The maximum absolute atomic E-state index is 4.41. The molecular formula is C17H27N3. The Morgan fingerprint density at radius 1 is 1.20 bits per heavy atom. The predicted octanol–water partition coefficient (Wildman–Crippen LogP) is 2.94. The molecule has 1 aliphatic rings. The van der Waals surface area contributed by atoms with Crippen LogP contribution in [-0.4, -0.2) is 37.5 Å². The van der Waals surface area contributed by atoms with Crippen LogP contribution in [0.1, 0.15) is 37.8 Å². The van der Waals surface area contributed by atoms with Crippen LogP contribution in [0, 0.1) is 6.92 Å². The van der Waals surface area contributed by atoms with Gasteiger partial charge in [-0.2, -0.15) is 0 Å². The van der Waals surface area contributed by atoms with Gasteiger partial charge >= 0.3 is 0 Å². The molecule has 0 atom stereocenters. The van der Waals surface area contributed by atoms with E-state index in [0.717, 1.165) is 25.6 Å². The van der Waals surface area contributed by atoms with E-state index < -0.39 is 0 Å². The first kappa shape index (κ1) is 14.9. The van der Waals surface area contributed by atoms with E-state index >= 15 is 0 Å². The molecule has 3 heteroatoms. The largest absolute Gasteiger partial charge is 0.355 e. The number of likely N-dealkylation sites (tertiary alicyclic amines) is 1. The van der Waals surface area contributed by atoms with Crippen molar-refractivity contribution in [2.75, 3.05) is 26.7 Å². The summed E-state index contributed by atoms with van der Waals surface area (Å²) in [5.41, 5.74) is 2.78. The molecule has 2 rings (SSSR count). The van der Waals surface area contributed by atoms with E-state index in [-0.39, 0.29) is 5.41 Å². The average molecular weight is 273 g/mol. The van der Waals surface area contributed by atoms with E-state index in [1.165, 1.54) is 24.0 Å². The molecule has 0 radical (unpaired) electrons. The second kappa shape index (κ2) is 6.29. The fourth-order valence-electron chi connectivity index (χ4n) is 2.67. The van der Waals surface area contributed by atoms with Gasteiger partial charge in [-0.25, -0.2) is 0 Å². The van der Waals surface area contributed by atoms with Gasteiger partial charge in [-0.3, -0.25) is 4.99 Å². The van der Waals surface area contributed by atoms with Gasteiger partial charge in [0, 0.05) is 32.1 Å². The van der Waals surface area contributed by atoms with E-state index in [2.05, 4.69) is 60.2 Å². The summed E-state index contributed by atoms with van der Waals surface area (Å²) in [5.74, 6) is 1.04. The van der Waals surface area contributed by atoms with E-state index in [0.29, 0.717) is 0 Å². The van der Waals surface area contributed by atoms with Crippen LogP contribution in [0.3, 0.4) is 0 Å². The second-order valence-corrected chi connectivity index (χ2v) is 6.34. The maximum atomic E-state index is 4.41. The number of hydrogen-bond acceptors (Lipinski definition) is 1. The van der Waals surface area contributed by atoms with E-state index in [9.17, 15) is 0 Å². The van der Waals surface area contributed by atoms with Crippen molar-refractivity contribution >= 4 is 5.96 Å². The molecule has 1 aromatic rings. The van der Waals surface area contributed by atoms with Crippen LogP contribution in [0.15, 0.2) is 29.3 Å². The molecular weight excluding hydrogens is 246 g/mol. The first-order chi connectivity index (χ1) is 9.53. The van der Waals surface area contributed by atoms with Gasteiger partial charge in [-0.05, 0) is 25.3 Å². The van der Waals surface area contributed by atoms with Gasteiger partial charge in [-0.15, -0.1) is 0 Å². The molecule has 0 bridgehead atoms. The lowest BCUT2D eigenvalue weighted by molar-refractivity contribution is 0.458. The fourth-order valence-corrected chi connectivity index (χ4v) is 2.67. The molecule has 0 aliphatic carbocycles. The summed E-state index contributed by atoms with van der Waals surface area (Å²) in [6.45, 7) is 9.85. The number of hydrogen-bond donors (Lipinski definition) is 1. The van der Waals surface area contributed by atoms with Crippen LogP contribution in [0.4, 0.5) is 0 Å². The highest BCUT2D eigenvalue weighted by Crippen LogP contribution is 2.22. The lowest BCUT2D eigenvalue weighted by Gasteiger charge is -2.29. The number of guanidine groups is 1. The number of benzene rings is 1. The van der Waals surface area contributed by atoms with Gasteiger partial charge in [-0.1, -0.05) is 43.7 Å². The van der Waals surface area contributed by atoms with Gasteiger partial charge in [0.25, 0.3) is 0 Å². The van der Waals surface area contributed by atoms with Gasteiger partial charge < -0.3 is 10.2 Å². The molecule has 0 aromatic heterocycles. The zero-order valence-electron chi connectivity index (χ0n) is 13.2. The molecule has 0 amide bonds. The third kappa shape index (κ3) is 3.53. The molecule has 1 aromatic carbocycles. The highest BCUT2D eigenvalue weighted by Gasteiger charge is 2.23. The minimum atomic E-state index is 0.101. The molecule has 20 heavy (non-hydrogen) atoms. The molecule has 0 spiro atoms. The topological polar surface area (TPSA) is 27.6 Å². The summed E-state index contributed by atoms with van der Waals surface area (Å²) < 4.78 is 0. The Kier molecular flexibility index (Phi) is 4.69. The maximum Gasteiger partial charge on any atom is 0.193 e. The van der Waals surface area contributed by atoms with Crippen molar-refractivity contribution in [2.24, 2.45) is 4.99 Å². The first-order valence-corrected chi connectivity index (χ1v) is 7.56. The van der Waals surface area contributed by atoms with Crippen molar-refractivity contribution in [3.05, 3.63) is 35.4 Å². The summed E-state index contributed by atoms with van der Waals surface area (Å²) in [7, 11) is 1.87. The van der Waals surface area contributed by atoms with Crippen molar-refractivity contribution in [3.8, 4) is 0 Å². The van der Waals surface area contributed by atoms with E-state index in [1.807, 2.05) is 7.05 Å². The normalized spacial score (nSPS) is 16.6. The molecule has 1 aliphatic heterocycles. The third-order valence-corrected chi connectivity index (χ3v) is 4.14. The highest BCUT2D eigenvalue weighted by atomic mass is 15.3. The molecule has 1 heterocycles. The highest BCUT2D eigenvalue weighted by molar-refractivity contribution is 5.80. The Morgan fingerprint density at radius 3 is 2.35 bits per heavy atom. The smallest absolute Gasteiger partial charge is 0.193 e. The molecule has 1 saturated heterocycles. The number of nitrogens with zero attached hydrogens (tertiary/aromatic N) is 2. The van der Waals surface area contributed by atoms with Crippen molar-refractivity contribution in [3.63, 3.8) is 0 Å². The van der Waals surface area contributed by atoms with Gasteiger partial charge in [0.2, 0.25) is 0 Å². The van der Waals surface area contributed by atoms with Crippen molar-refractivity contribution in [1.82, 2.24) is 10.2 Å². The van der Waals surface area contributed by atoms with Crippen LogP contribution in [-0.2, 0) is 5.41 Å². The molecule has 1 N–H and O–H groups in total. The van der Waals surface area contributed by atoms with Crippen LogP contribution in [0.25, 0.3) is 0 Å². The molecule has 1 fully saturated rings. The second-order valence-electron chi connectivity index (χ2n) is 6.34. The number of aryl methyl sites for hydroxylation is 1. The van der Waals surface area contributed by atoms with Crippen LogP contribution in [0.2, 0.25) is 0 Å². The Balaban J connectivity index is 1.99. The lowest BCUT2D eigenvalue weighted by Crippen LogP contribution is -2.44. The predicted molar refractivity (Wildman–Crippen MR) is 86.4 cm³/mol. The van der Waals surface area contributed by atoms with Gasteiger partial charge in [0.15, 0.2) is 5.96 Å². The lowest BCUT2D eigenvalue weighted by atomic mass is 9.84. The SMILES string of the molecule is CN=C(NCC(C)(C)c1ccc(C)cc1)N1CCCC1. The molecule has 3 nitrogen and oxygen atoms in total. The molecule has 0 unspecified atom stereocenters. The molecule has 110 valence electrons. The van der Waals surface area contributed by atoms with E-state index in [1.54, 1.807) is 0 Å². The zero-order valence-corrected chi connectivity index (χ0v) is 13.2. The van der Waals surface area contributed by atoms with Gasteiger partial charge in [0.1, 0.15) is 0 Å². The number of aliphatic imine (C=N–C) groups is 1. The molecule has 0 saturated carbocycles. The summed E-state index contributed by atoms with van der Waals surface area (Å²) in [4.78, 5) is 6.76. The van der Waals surface area contributed by atoms with Gasteiger partial charge in [0.05, 0.1) is 0 Å². The van der Waals surface area contributed by atoms with Crippen LogP contribution >= 0.6 is 0 Å². The fraction of sp³-hybridized carbons (Fsp3) is 0.588. The first-order valence-electron chi connectivity index (χ1n) is 7.56. The summed E-state index contributed by atoms with van der Waals surface area (Å²) in [5, 5.41) is 3.54. The Hall–Kier alpha value is -1.51. The van der Waals surface area contributed by atoms with Crippen LogP contribution < -0.4 is 5.32 Å². The van der Waals surface area contributed by atoms with Crippen LogP contribution in [0.5, 0.6) is 0 Å². The Morgan fingerprint density at radius 2 is 1.80 bits per heavy atom. The van der Waals surface area contributed by atoms with E-state index in [4.69, 9.17) is 0 Å².